The molecule has 1 atom stereocenters. The minimum absolute atomic E-state index is 0.264. The van der Waals surface area contributed by atoms with Gasteiger partial charge in [-0.1, -0.05) is 0 Å². The van der Waals surface area contributed by atoms with Crippen molar-refractivity contribution < 1.29 is 18.7 Å². The van der Waals surface area contributed by atoms with Gasteiger partial charge in [0.15, 0.2) is 0 Å². The number of carbonyl (C=O) groups excluding carboxylic acids is 2. The number of rotatable bonds is 5. The van der Waals surface area contributed by atoms with Crippen LogP contribution in [0.1, 0.15) is 48.1 Å². The minimum Gasteiger partial charge on any atom is -0.465 e. The lowest BCUT2D eigenvalue weighted by Gasteiger charge is -2.37. The van der Waals surface area contributed by atoms with Crippen molar-refractivity contribution in [2.75, 3.05) is 46.4 Å². The molecule has 0 radical (unpaired) electrons. The monoisotopic (exact) mass is 377 g/mol. The molecule has 1 unspecified atom stereocenters. The summed E-state index contributed by atoms with van der Waals surface area (Å²) < 4.78 is 10.5. The van der Waals surface area contributed by atoms with Crippen LogP contribution in [0.5, 0.6) is 0 Å². The zero-order valence-electron chi connectivity index (χ0n) is 16.7. The number of furan rings is 1. The fourth-order valence-electron chi connectivity index (χ4n) is 4.01. The van der Waals surface area contributed by atoms with Crippen molar-refractivity contribution in [3.63, 3.8) is 0 Å². The summed E-state index contributed by atoms with van der Waals surface area (Å²) in [7, 11) is 1.37. The second kappa shape index (κ2) is 8.89. The van der Waals surface area contributed by atoms with Gasteiger partial charge in [0.2, 0.25) is 5.91 Å². The molecule has 27 heavy (non-hydrogen) atoms. The number of esters is 1. The van der Waals surface area contributed by atoms with Gasteiger partial charge in [0.25, 0.3) is 0 Å². The van der Waals surface area contributed by atoms with Crippen LogP contribution in [-0.4, -0.2) is 79.0 Å². The van der Waals surface area contributed by atoms with Crippen LogP contribution in [0.4, 0.5) is 0 Å². The Morgan fingerprint density at radius 2 is 1.85 bits per heavy atom. The highest BCUT2D eigenvalue weighted by Gasteiger charge is 2.26. The van der Waals surface area contributed by atoms with E-state index in [1.165, 1.54) is 13.5 Å². The number of methoxy groups -OCH3 is 1. The van der Waals surface area contributed by atoms with Gasteiger partial charge in [-0.2, -0.15) is 0 Å². The number of hydrogen-bond donors (Lipinski definition) is 0. The smallest absolute Gasteiger partial charge is 0.341 e. The molecule has 2 aliphatic rings. The summed E-state index contributed by atoms with van der Waals surface area (Å²) in [5.74, 6) is 1.27. The third-order valence-corrected chi connectivity index (χ3v) is 5.70. The molecule has 1 aromatic rings. The van der Waals surface area contributed by atoms with Gasteiger partial charge in [-0.3, -0.25) is 14.6 Å². The Kier molecular flexibility index (Phi) is 6.55. The van der Waals surface area contributed by atoms with Crippen molar-refractivity contribution in [3.8, 4) is 0 Å². The summed E-state index contributed by atoms with van der Waals surface area (Å²) in [5, 5.41) is 0. The largest absolute Gasteiger partial charge is 0.465 e. The number of piperidine rings is 1. The summed E-state index contributed by atoms with van der Waals surface area (Å²) >= 11 is 0. The molecule has 2 saturated heterocycles. The van der Waals surface area contributed by atoms with E-state index in [-0.39, 0.29) is 11.9 Å². The van der Waals surface area contributed by atoms with Crippen molar-refractivity contribution in [1.29, 1.82) is 0 Å². The number of hydrogen-bond acceptors (Lipinski definition) is 6. The molecular formula is C20H31N3O4. The predicted molar refractivity (Wildman–Crippen MR) is 102 cm³/mol. The number of aryl methyl sites for hydroxylation is 1. The topological polar surface area (TPSA) is 66.2 Å². The highest BCUT2D eigenvalue weighted by molar-refractivity contribution is 5.90. The molecule has 0 saturated carbocycles. The van der Waals surface area contributed by atoms with Crippen molar-refractivity contribution in [2.24, 2.45) is 0 Å². The van der Waals surface area contributed by atoms with Crippen molar-refractivity contribution in [2.45, 2.75) is 45.7 Å². The van der Waals surface area contributed by atoms with Gasteiger partial charge in [0.1, 0.15) is 17.1 Å². The van der Waals surface area contributed by atoms with E-state index < -0.39 is 0 Å². The van der Waals surface area contributed by atoms with Gasteiger partial charge in [0, 0.05) is 38.8 Å². The zero-order valence-corrected chi connectivity index (χ0v) is 16.7. The number of ether oxygens (including phenoxy) is 1. The first-order valence-electron chi connectivity index (χ1n) is 9.89. The van der Waals surface area contributed by atoms with Crippen LogP contribution < -0.4 is 0 Å². The van der Waals surface area contributed by atoms with Crippen LogP contribution in [0.25, 0.3) is 0 Å². The van der Waals surface area contributed by atoms with Crippen molar-refractivity contribution in [1.82, 2.24) is 14.7 Å². The molecule has 1 aromatic heterocycles. The van der Waals surface area contributed by atoms with E-state index in [9.17, 15) is 9.59 Å². The summed E-state index contributed by atoms with van der Waals surface area (Å²) in [6, 6.07) is 2.15. The fourth-order valence-corrected chi connectivity index (χ4v) is 4.01. The van der Waals surface area contributed by atoms with Crippen molar-refractivity contribution >= 4 is 11.9 Å². The molecule has 1 amide bonds. The molecule has 0 N–H and O–H groups in total. The normalized spacial score (nSPS) is 22.0. The first-order chi connectivity index (χ1) is 13.0. The number of likely N-dealkylation sites (tertiary alicyclic amines) is 1. The summed E-state index contributed by atoms with van der Waals surface area (Å²) in [6.07, 6.45) is 3.48. The molecule has 2 fully saturated rings. The third-order valence-electron chi connectivity index (χ3n) is 5.70. The van der Waals surface area contributed by atoms with Crippen LogP contribution in [-0.2, 0) is 16.1 Å². The van der Waals surface area contributed by atoms with E-state index in [0.717, 1.165) is 51.3 Å². The number of nitrogens with zero attached hydrogens (tertiary/aromatic N) is 3. The van der Waals surface area contributed by atoms with Gasteiger partial charge in [-0.05, 0) is 39.2 Å². The molecule has 3 rings (SSSR count). The van der Waals surface area contributed by atoms with E-state index in [4.69, 9.17) is 9.15 Å². The summed E-state index contributed by atoms with van der Waals surface area (Å²) in [6.45, 7) is 9.54. The highest BCUT2D eigenvalue weighted by atomic mass is 16.5. The molecule has 150 valence electrons. The SMILES string of the molecule is COC(=O)c1cc(CN2CCN(CC(=O)N3CCCCC3C)CC2)oc1C. The molecule has 7 nitrogen and oxygen atoms in total. The Labute approximate surface area is 161 Å². The lowest BCUT2D eigenvalue weighted by Crippen LogP contribution is -2.51. The third kappa shape index (κ3) is 4.90. The van der Waals surface area contributed by atoms with Gasteiger partial charge >= 0.3 is 5.97 Å². The molecule has 0 bridgehead atoms. The van der Waals surface area contributed by atoms with Gasteiger partial charge in [0.05, 0.1) is 20.2 Å². The van der Waals surface area contributed by atoms with Crippen LogP contribution in [0.2, 0.25) is 0 Å². The second-order valence-corrected chi connectivity index (χ2v) is 7.66. The molecular weight excluding hydrogens is 346 g/mol. The van der Waals surface area contributed by atoms with Crippen molar-refractivity contribution in [3.05, 3.63) is 23.2 Å². The Balaban J connectivity index is 1.46. The van der Waals surface area contributed by atoms with E-state index in [1.54, 1.807) is 13.0 Å². The van der Waals surface area contributed by atoms with Crippen LogP contribution >= 0.6 is 0 Å². The minimum atomic E-state index is -0.363. The van der Waals surface area contributed by atoms with Gasteiger partial charge in [-0.15, -0.1) is 0 Å². The maximum atomic E-state index is 12.6. The van der Waals surface area contributed by atoms with E-state index >= 15 is 0 Å². The highest BCUT2D eigenvalue weighted by Crippen LogP contribution is 2.19. The standard InChI is InChI=1S/C20H31N3O4/c1-15-6-4-5-7-23(15)19(24)14-22-10-8-21(9-11-22)13-17-12-18(16(2)27-17)20(25)26-3/h12,15H,4-11,13-14H2,1-3H3. The molecule has 3 heterocycles. The number of amides is 1. The number of carbonyl (C=O) groups is 2. The fraction of sp³-hybridized carbons (Fsp3) is 0.700. The zero-order chi connectivity index (χ0) is 19.4. The average Bonchev–Trinajstić information content (AvgIpc) is 3.03. The van der Waals surface area contributed by atoms with Crippen LogP contribution in [0.3, 0.4) is 0 Å². The molecule has 0 aromatic carbocycles. The average molecular weight is 377 g/mol. The molecule has 0 spiro atoms. The predicted octanol–water partition coefficient (Wildman–Crippen LogP) is 1.89. The van der Waals surface area contributed by atoms with Crippen LogP contribution in [0.15, 0.2) is 10.5 Å². The van der Waals surface area contributed by atoms with E-state index in [1.807, 2.05) is 0 Å². The maximum Gasteiger partial charge on any atom is 0.341 e. The first kappa shape index (κ1) is 19.9. The Bertz CT molecular complexity index is 664. The maximum absolute atomic E-state index is 12.6. The lowest BCUT2D eigenvalue weighted by molar-refractivity contribution is -0.136. The number of piperazine rings is 1. The molecule has 0 aliphatic carbocycles. The van der Waals surface area contributed by atoms with Gasteiger partial charge in [-0.25, -0.2) is 4.79 Å². The van der Waals surface area contributed by atoms with Crippen LogP contribution in [0, 0.1) is 6.92 Å². The quantitative estimate of drug-likeness (QED) is 0.730. The Hall–Kier alpha value is -1.86. The lowest BCUT2D eigenvalue weighted by atomic mass is 10.0. The molecule has 2 aliphatic heterocycles. The molecule has 7 heteroatoms. The first-order valence-corrected chi connectivity index (χ1v) is 9.89. The summed E-state index contributed by atoms with van der Waals surface area (Å²) in [5.41, 5.74) is 0.493. The summed E-state index contributed by atoms with van der Waals surface area (Å²) in [4.78, 5) is 30.9. The van der Waals surface area contributed by atoms with E-state index in [0.29, 0.717) is 30.5 Å². The van der Waals surface area contributed by atoms with E-state index in [2.05, 4.69) is 21.6 Å². The Morgan fingerprint density at radius 3 is 2.52 bits per heavy atom. The Morgan fingerprint density at radius 1 is 1.15 bits per heavy atom. The van der Waals surface area contributed by atoms with Gasteiger partial charge < -0.3 is 14.1 Å². The second-order valence-electron chi connectivity index (χ2n) is 7.66.